The second-order valence-electron chi connectivity index (χ2n) is 31.6. The topological polar surface area (TPSA) is 186 Å². The molecule has 0 aliphatic carbocycles. The molecule has 13 nitrogen and oxygen atoms in total. The van der Waals surface area contributed by atoms with Crippen molar-refractivity contribution in [2.45, 2.75) is 167 Å². The number of para-hydroxylation sites is 2. The van der Waals surface area contributed by atoms with Gasteiger partial charge in [0.15, 0.2) is 50.4 Å². The number of aromatic nitrogens is 9. The standard InChI is InChI=1S/C41H45N3O2S.C33H31N3OS.C31H31N3OS/c1-4-7-9-14-24-47-41-43-39(35-23-21-30(25-38(35)45)46-27-28(6-3)15-8-5-2)42-40(44-41)37-26-36-31-17-11-10-16-29(31)20-22-34(36)32-18-12-13-19-33(32)37;1-3-5-9-21(4-2)20-38-33-35-31(34-32(36-33)27-12-6-7-13-28(27)37)26-19-17-24-15-14-22-10-8-11-23-16-18-25(26)30(24)29(22)23;1-3-5-12-21(4-2)20-36-31-33-29(26-17-10-11-18-28(26)35)32-30(34-31)27-19-22-13-6-7-14-23(22)24-15-8-9-16-25(24)27/h10-13,16-23,25-26,28,45H,4-9,14-15,24,27H2,1-3H3;6-8,10-19,21,37H,3-5,9,20H2,1-2H3;6-11,13-19,21,35H,3-5,12,20H2,1-2H3. The highest BCUT2D eigenvalue weighted by Gasteiger charge is 2.24. The Labute approximate surface area is 723 Å². The van der Waals surface area contributed by atoms with Gasteiger partial charge in [0.25, 0.3) is 0 Å². The fourth-order valence-corrected chi connectivity index (χ4v) is 19.3. The lowest BCUT2D eigenvalue weighted by molar-refractivity contribution is 0.232. The molecule has 0 amide bonds. The number of fused-ring (bicyclic) bond motifs is 8. The summed E-state index contributed by atoms with van der Waals surface area (Å²) in [5.41, 5.74) is 4.72. The summed E-state index contributed by atoms with van der Waals surface area (Å²) in [6.07, 6.45) is 19.0. The van der Waals surface area contributed by atoms with E-state index in [0.29, 0.717) is 97.2 Å². The molecule has 0 bridgehead atoms. The predicted octanol–water partition coefficient (Wildman–Crippen LogP) is 29.3. The SMILES string of the molecule is CCCCC(CC)CSc1nc(-c2ccccc2O)nc(-c2cc3ccccc3c3ccccc23)n1.CCCCC(CC)CSc1nc(-c2ccccc2O)nc(-c2ccc3ccc4cccc5ccc2c3c45)n1.CCCCCCSc1nc(-c2ccc(OCC(CC)CCCC)cc2O)nc(-c2cc3c4ccccc4ccc3c3ccccc23)n1. The molecule has 14 aromatic carbocycles. The van der Waals surface area contributed by atoms with Crippen molar-refractivity contribution in [1.82, 2.24) is 44.9 Å². The van der Waals surface area contributed by atoms with Gasteiger partial charge in [0.1, 0.15) is 23.0 Å². The largest absolute Gasteiger partial charge is 0.507 e. The highest BCUT2D eigenvalue weighted by molar-refractivity contribution is 7.99. The number of unbranched alkanes of at least 4 members (excludes halogenated alkanes) is 6. The minimum absolute atomic E-state index is 0.106. The Kier molecular flexibility index (Phi) is 28.6. The van der Waals surface area contributed by atoms with E-state index in [9.17, 15) is 15.3 Å². The van der Waals surface area contributed by atoms with Crippen LogP contribution in [0.25, 0.3) is 155 Å². The molecule has 3 aromatic heterocycles. The smallest absolute Gasteiger partial charge is 0.191 e. The van der Waals surface area contributed by atoms with Gasteiger partial charge in [-0.15, -0.1) is 0 Å². The molecule has 17 aromatic rings. The summed E-state index contributed by atoms with van der Waals surface area (Å²) in [5.74, 6) is 9.10. The van der Waals surface area contributed by atoms with Crippen LogP contribution in [0.4, 0.5) is 0 Å². The van der Waals surface area contributed by atoms with Crippen LogP contribution in [-0.2, 0) is 0 Å². The van der Waals surface area contributed by atoms with Gasteiger partial charge in [0.05, 0.1) is 23.3 Å². The van der Waals surface area contributed by atoms with Crippen LogP contribution in [0.15, 0.2) is 258 Å². The normalized spacial score (nSPS) is 12.4. The molecule has 0 saturated heterocycles. The molecule has 3 unspecified atom stereocenters. The highest BCUT2D eigenvalue weighted by atomic mass is 32.2. The molecular weight excluding hydrogens is 1550 g/mol. The number of hydrogen-bond acceptors (Lipinski definition) is 16. The van der Waals surface area contributed by atoms with Gasteiger partial charge in [-0.2, -0.15) is 0 Å². The fourth-order valence-electron chi connectivity index (χ4n) is 16.3. The Morgan fingerprint density at radius 3 is 1.21 bits per heavy atom. The van der Waals surface area contributed by atoms with E-state index >= 15 is 0 Å². The van der Waals surface area contributed by atoms with Crippen LogP contribution < -0.4 is 4.74 Å². The van der Waals surface area contributed by atoms with Gasteiger partial charge in [-0.3, -0.25) is 0 Å². The maximum Gasteiger partial charge on any atom is 0.191 e. The molecule has 614 valence electrons. The Bertz CT molecular complexity index is 6410. The van der Waals surface area contributed by atoms with E-state index < -0.39 is 0 Å². The first kappa shape index (κ1) is 84.7. The summed E-state index contributed by atoms with van der Waals surface area (Å²) in [6, 6.07) is 82.1. The Hall–Kier alpha value is -11.3. The van der Waals surface area contributed by atoms with Crippen molar-refractivity contribution in [2.24, 2.45) is 17.8 Å². The summed E-state index contributed by atoms with van der Waals surface area (Å²) in [7, 11) is 0. The molecule has 3 atom stereocenters. The van der Waals surface area contributed by atoms with E-state index in [-0.39, 0.29) is 17.2 Å². The van der Waals surface area contributed by atoms with E-state index in [4.69, 9.17) is 49.6 Å². The molecule has 0 aliphatic heterocycles. The van der Waals surface area contributed by atoms with E-state index in [2.05, 4.69) is 224 Å². The van der Waals surface area contributed by atoms with Crippen LogP contribution in [0, 0.1) is 17.8 Å². The van der Waals surface area contributed by atoms with Crippen molar-refractivity contribution in [2.75, 3.05) is 23.9 Å². The summed E-state index contributed by atoms with van der Waals surface area (Å²) in [5, 5.41) is 53.5. The fraction of sp³-hybridized carbons (Fsp3) is 0.286. The average Bonchev–Trinajstić information content (AvgIpc) is 0.738. The number of benzene rings is 14. The van der Waals surface area contributed by atoms with Gasteiger partial charge in [0, 0.05) is 40.0 Å². The third-order valence-electron chi connectivity index (χ3n) is 23.4. The van der Waals surface area contributed by atoms with Crippen LogP contribution in [0.1, 0.15) is 151 Å². The van der Waals surface area contributed by atoms with E-state index in [1.165, 1.54) is 130 Å². The van der Waals surface area contributed by atoms with Crippen molar-refractivity contribution >= 4 is 121 Å². The lowest BCUT2D eigenvalue weighted by Gasteiger charge is -2.16. The summed E-state index contributed by atoms with van der Waals surface area (Å²) in [4.78, 5) is 44.4. The Morgan fingerprint density at radius 2 is 0.669 bits per heavy atom. The van der Waals surface area contributed by atoms with Crippen molar-refractivity contribution in [3.05, 3.63) is 243 Å². The number of hydrogen-bond donors (Lipinski definition) is 3. The number of thioether (sulfide) groups is 3. The maximum atomic E-state index is 11.3. The highest BCUT2D eigenvalue weighted by Crippen LogP contribution is 2.44. The van der Waals surface area contributed by atoms with Gasteiger partial charge in [0.2, 0.25) is 0 Å². The van der Waals surface area contributed by atoms with Crippen LogP contribution in [0.3, 0.4) is 0 Å². The third-order valence-corrected chi connectivity index (χ3v) is 26.5. The summed E-state index contributed by atoms with van der Waals surface area (Å²) >= 11 is 5.05. The quantitative estimate of drug-likeness (QED) is 0.0200. The zero-order valence-electron chi connectivity index (χ0n) is 70.5. The van der Waals surface area contributed by atoms with Crippen molar-refractivity contribution < 1.29 is 20.1 Å². The zero-order valence-corrected chi connectivity index (χ0v) is 72.9. The van der Waals surface area contributed by atoms with E-state index in [1.54, 1.807) is 53.5 Å². The first-order chi connectivity index (χ1) is 59.4. The molecule has 3 N–H and O–H groups in total. The number of ether oxygens (including phenoxy) is 1. The maximum absolute atomic E-state index is 11.3. The molecule has 0 radical (unpaired) electrons. The van der Waals surface area contributed by atoms with Gasteiger partial charge in [-0.1, -0.05) is 343 Å². The monoisotopic (exact) mass is 1650 g/mol. The molecule has 17 rings (SSSR count). The second kappa shape index (κ2) is 40.8. The molecule has 0 spiro atoms. The number of phenols is 3. The number of rotatable bonds is 33. The molecule has 16 heteroatoms. The summed E-state index contributed by atoms with van der Waals surface area (Å²) < 4.78 is 6.14. The Morgan fingerprint density at radius 1 is 0.273 bits per heavy atom. The molecular formula is C105H107N9O4S3. The molecule has 121 heavy (non-hydrogen) atoms. The minimum atomic E-state index is 0.106. The molecule has 0 saturated carbocycles. The van der Waals surface area contributed by atoms with Crippen LogP contribution in [0.2, 0.25) is 0 Å². The number of nitrogens with zero attached hydrogens (tertiary/aromatic N) is 9. The zero-order chi connectivity index (χ0) is 83.6. The van der Waals surface area contributed by atoms with Crippen molar-refractivity contribution in [3.63, 3.8) is 0 Å². The van der Waals surface area contributed by atoms with Crippen LogP contribution in [0.5, 0.6) is 23.0 Å². The van der Waals surface area contributed by atoms with Gasteiger partial charge in [-0.05, 0) is 184 Å². The minimum Gasteiger partial charge on any atom is -0.507 e. The van der Waals surface area contributed by atoms with Crippen molar-refractivity contribution in [3.8, 4) is 91.3 Å². The average molecular weight is 1660 g/mol. The van der Waals surface area contributed by atoms with Crippen LogP contribution >= 0.6 is 35.3 Å². The Balaban J connectivity index is 0.000000143. The lowest BCUT2D eigenvalue weighted by atomic mass is 9.92. The first-order valence-electron chi connectivity index (χ1n) is 43.5. The van der Waals surface area contributed by atoms with Crippen LogP contribution in [-0.4, -0.2) is 84.0 Å². The predicted molar refractivity (Wildman–Crippen MR) is 510 cm³/mol. The molecule has 3 heterocycles. The third kappa shape index (κ3) is 19.8. The number of aromatic hydroxyl groups is 3. The van der Waals surface area contributed by atoms with Crippen molar-refractivity contribution in [1.29, 1.82) is 0 Å². The second-order valence-corrected chi connectivity index (χ2v) is 34.6. The van der Waals surface area contributed by atoms with Gasteiger partial charge in [-0.25, -0.2) is 44.9 Å². The molecule has 0 aliphatic rings. The molecule has 0 fully saturated rings. The number of phenolic OH excluding ortho intramolecular Hbond substituents is 3. The van der Waals surface area contributed by atoms with Gasteiger partial charge < -0.3 is 20.1 Å². The summed E-state index contributed by atoms with van der Waals surface area (Å²) in [6.45, 7) is 16.3. The van der Waals surface area contributed by atoms with E-state index in [0.717, 1.165) is 93.0 Å². The van der Waals surface area contributed by atoms with E-state index in [1.807, 2.05) is 48.5 Å². The van der Waals surface area contributed by atoms with Gasteiger partial charge >= 0.3 is 0 Å². The lowest BCUT2D eigenvalue weighted by Crippen LogP contribution is -2.11. The first-order valence-corrected chi connectivity index (χ1v) is 46.5.